The van der Waals surface area contributed by atoms with Gasteiger partial charge >= 0.3 is 5.97 Å². The normalized spacial score (nSPS) is 11.9. The Balaban J connectivity index is 1.44. The molecule has 10 heteroatoms. The van der Waals surface area contributed by atoms with Crippen molar-refractivity contribution < 1.29 is 23.7 Å². The maximum absolute atomic E-state index is 13.4. The van der Waals surface area contributed by atoms with Gasteiger partial charge in [-0.3, -0.25) is 19.0 Å². The molecule has 0 fully saturated rings. The number of carbonyl (C=O) groups excluding carboxylic acids is 1. The van der Waals surface area contributed by atoms with Crippen molar-refractivity contribution in [2.24, 2.45) is 7.05 Å². The first-order chi connectivity index (χ1) is 18.9. The highest BCUT2D eigenvalue weighted by atomic mass is 19.3. The first-order valence-electron chi connectivity index (χ1n) is 13.2. The maximum Gasteiger partial charge on any atom is 0.389 e. The Morgan fingerprint density at radius 2 is 1.72 bits per heavy atom. The highest BCUT2D eigenvalue weighted by molar-refractivity contribution is 5.77. The standard InChI is InChI=1S/C29H33FN4O5/c1-4-9-23-26-27(33(3)32-23)28(35)34(25(31-26)10-5-2)17-18-37-21-15-13-20(14-16-21)19-24(29(36)39-30)38-22-11-7-6-8-12-22/h6-8,11-16,24H,4-5,9-10,17-19H2,1-3H3. The summed E-state index contributed by atoms with van der Waals surface area (Å²) in [5.41, 5.74) is 2.66. The molecule has 2 heterocycles. The average molecular weight is 537 g/mol. The minimum absolute atomic E-state index is 0.115. The zero-order chi connectivity index (χ0) is 27.8. The molecule has 0 aliphatic heterocycles. The van der Waals surface area contributed by atoms with Crippen LogP contribution in [0.4, 0.5) is 4.53 Å². The van der Waals surface area contributed by atoms with Crippen molar-refractivity contribution in [2.45, 2.75) is 58.6 Å². The van der Waals surface area contributed by atoms with Crippen LogP contribution >= 0.6 is 0 Å². The molecule has 2 aromatic carbocycles. The van der Waals surface area contributed by atoms with E-state index in [2.05, 4.69) is 23.9 Å². The molecule has 2 aromatic heterocycles. The van der Waals surface area contributed by atoms with Gasteiger partial charge in [-0.1, -0.05) is 50.6 Å². The van der Waals surface area contributed by atoms with Gasteiger partial charge in [-0.2, -0.15) is 5.10 Å². The first-order valence-corrected chi connectivity index (χ1v) is 13.2. The van der Waals surface area contributed by atoms with Gasteiger partial charge in [-0.05, 0) is 42.7 Å². The largest absolute Gasteiger partial charge is 0.492 e. The average Bonchev–Trinajstić information content (AvgIpc) is 3.26. The molecule has 1 unspecified atom stereocenters. The number of halogens is 1. The summed E-state index contributed by atoms with van der Waals surface area (Å²) in [6, 6.07) is 15.7. The molecule has 39 heavy (non-hydrogen) atoms. The van der Waals surface area contributed by atoms with E-state index in [9.17, 15) is 14.1 Å². The Labute approximate surface area is 226 Å². The van der Waals surface area contributed by atoms with Crippen LogP contribution in [0.1, 0.15) is 43.8 Å². The van der Waals surface area contributed by atoms with Gasteiger partial charge in [0.25, 0.3) is 5.56 Å². The number of nitrogens with zero attached hydrogens (tertiary/aromatic N) is 4. The number of para-hydroxylation sites is 1. The molecule has 0 aliphatic rings. The zero-order valence-electron chi connectivity index (χ0n) is 22.4. The van der Waals surface area contributed by atoms with Crippen LogP contribution in [0.2, 0.25) is 0 Å². The molecule has 206 valence electrons. The molecule has 0 amide bonds. The smallest absolute Gasteiger partial charge is 0.389 e. The van der Waals surface area contributed by atoms with Crippen LogP contribution in [0.25, 0.3) is 11.0 Å². The predicted octanol–water partition coefficient (Wildman–Crippen LogP) is 4.53. The van der Waals surface area contributed by atoms with Crippen LogP contribution in [0, 0.1) is 0 Å². The number of benzene rings is 2. The van der Waals surface area contributed by atoms with Crippen LogP contribution in [-0.2, 0) is 42.6 Å². The number of hydrogen-bond donors (Lipinski definition) is 0. The number of carbonyl (C=O) groups is 1. The highest BCUT2D eigenvalue weighted by Crippen LogP contribution is 2.19. The summed E-state index contributed by atoms with van der Waals surface area (Å²) in [6.45, 7) is 4.73. The fourth-order valence-corrected chi connectivity index (χ4v) is 4.49. The van der Waals surface area contributed by atoms with E-state index in [1.807, 2.05) is 6.07 Å². The van der Waals surface area contributed by atoms with Gasteiger partial charge in [0.05, 0.1) is 12.2 Å². The molecule has 0 spiro atoms. The van der Waals surface area contributed by atoms with E-state index in [1.165, 1.54) is 0 Å². The van der Waals surface area contributed by atoms with Gasteiger partial charge < -0.3 is 9.47 Å². The monoisotopic (exact) mass is 536 g/mol. The Morgan fingerprint density at radius 1 is 1.00 bits per heavy atom. The van der Waals surface area contributed by atoms with Crippen LogP contribution in [0.3, 0.4) is 0 Å². The summed E-state index contributed by atoms with van der Waals surface area (Å²) in [5.74, 6) is 0.653. The maximum atomic E-state index is 13.4. The molecule has 9 nitrogen and oxygen atoms in total. The van der Waals surface area contributed by atoms with E-state index in [-0.39, 0.29) is 18.6 Å². The van der Waals surface area contributed by atoms with Gasteiger partial charge in [0.2, 0.25) is 6.10 Å². The number of aromatic nitrogens is 4. The third-order valence-electron chi connectivity index (χ3n) is 6.34. The van der Waals surface area contributed by atoms with E-state index in [1.54, 1.807) is 64.8 Å². The minimum Gasteiger partial charge on any atom is -0.492 e. The van der Waals surface area contributed by atoms with Gasteiger partial charge in [-0.15, -0.1) is 0 Å². The van der Waals surface area contributed by atoms with Crippen molar-refractivity contribution in [2.75, 3.05) is 6.61 Å². The Hall–Kier alpha value is -4.21. The molecule has 1 atom stereocenters. The summed E-state index contributed by atoms with van der Waals surface area (Å²) in [5, 5.41) is 4.53. The number of hydrogen-bond acceptors (Lipinski definition) is 7. The molecule has 4 rings (SSSR count). The summed E-state index contributed by atoms with van der Waals surface area (Å²) >= 11 is 0. The molecular formula is C29H33FN4O5. The fourth-order valence-electron chi connectivity index (χ4n) is 4.49. The lowest BCUT2D eigenvalue weighted by Gasteiger charge is -2.16. The third kappa shape index (κ3) is 6.63. The Morgan fingerprint density at radius 3 is 2.38 bits per heavy atom. The van der Waals surface area contributed by atoms with Gasteiger partial charge in [0, 0.05) is 24.4 Å². The minimum atomic E-state index is -1.14. The molecule has 0 saturated carbocycles. The van der Waals surface area contributed by atoms with E-state index < -0.39 is 12.1 Å². The number of ether oxygens (including phenoxy) is 2. The second-order valence-electron chi connectivity index (χ2n) is 9.26. The van der Waals surface area contributed by atoms with Crippen molar-refractivity contribution in [1.82, 2.24) is 19.3 Å². The lowest BCUT2D eigenvalue weighted by molar-refractivity contribution is -0.192. The predicted molar refractivity (Wildman–Crippen MR) is 144 cm³/mol. The number of aryl methyl sites for hydroxylation is 3. The van der Waals surface area contributed by atoms with Crippen molar-refractivity contribution in [1.29, 1.82) is 0 Å². The summed E-state index contributed by atoms with van der Waals surface area (Å²) in [7, 11) is 1.77. The molecule has 0 saturated heterocycles. The van der Waals surface area contributed by atoms with Crippen LogP contribution in [0.15, 0.2) is 59.4 Å². The first kappa shape index (κ1) is 27.8. The lowest BCUT2D eigenvalue weighted by Crippen LogP contribution is -2.30. The Bertz CT molecular complexity index is 1450. The van der Waals surface area contributed by atoms with Crippen molar-refractivity contribution in [3.05, 3.63) is 82.0 Å². The van der Waals surface area contributed by atoms with Gasteiger partial charge in [-0.25, -0.2) is 9.78 Å². The zero-order valence-corrected chi connectivity index (χ0v) is 22.4. The molecule has 0 N–H and O–H groups in total. The van der Waals surface area contributed by atoms with Gasteiger partial charge in [0.1, 0.15) is 29.4 Å². The summed E-state index contributed by atoms with van der Waals surface area (Å²) in [4.78, 5) is 33.6. The van der Waals surface area contributed by atoms with E-state index in [0.717, 1.165) is 36.3 Å². The SMILES string of the molecule is CCCc1nn(C)c2c(=O)n(CCOc3ccc(CC(Oc4ccccc4)C(=O)OF)cc3)c(CCC)nc12. The quantitative estimate of drug-likeness (QED) is 0.248. The number of rotatable bonds is 13. The van der Waals surface area contributed by atoms with E-state index in [4.69, 9.17) is 14.5 Å². The van der Waals surface area contributed by atoms with Crippen LogP contribution < -0.4 is 15.0 Å². The van der Waals surface area contributed by atoms with E-state index in [0.29, 0.717) is 35.5 Å². The van der Waals surface area contributed by atoms with Crippen LogP contribution in [-0.4, -0.2) is 38.0 Å². The Kier molecular flexibility index (Phi) is 9.30. The van der Waals surface area contributed by atoms with Crippen molar-refractivity contribution in [3.63, 3.8) is 0 Å². The van der Waals surface area contributed by atoms with Gasteiger partial charge in [0.15, 0.2) is 5.52 Å². The second kappa shape index (κ2) is 13.0. The summed E-state index contributed by atoms with van der Waals surface area (Å²) < 4.78 is 27.5. The molecule has 4 aromatic rings. The highest BCUT2D eigenvalue weighted by Gasteiger charge is 2.24. The lowest BCUT2D eigenvalue weighted by atomic mass is 10.1. The topological polar surface area (TPSA) is 97.5 Å². The summed E-state index contributed by atoms with van der Waals surface area (Å²) in [6.07, 6.45) is 2.20. The molecule has 0 bridgehead atoms. The molecule has 0 radical (unpaired) electrons. The van der Waals surface area contributed by atoms with E-state index >= 15 is 0 Å². The number of fused-ring (bicyclic) bond motifs is 1. The van der Waals surface area contributed by atoms with Crippen molar-refractivity contribution >= 4 is 17.0 Å². The second-order valence-corrected chi connectivity index (χ2v) is 9.26. The third-order valence-corrected chi connectivity index (χ3v) is 6.34. The van der Waals surface area contributed by atoms with Crippen LogP contribution in [0.5, 0.6) is 11.5 Å². The van der Waals surface area contributed by atoms with Crippen molar-refractivity contribution in [3.8, 4) is 11.5 Å². The fraction of sp³-hybridized carbons (Fsp3) is 0.379. The molecular weight excluding hydrogens is 503 g/mol. The molecule has 0 aliphatic carbocycles.